The van der Waals surface area contributed by atoms with E-state index in [0.717, 1.165) is 77.0 Å². The Bertz CT molecular complexity index is 412. The Kier molecular flexibility index (Phi) is 14.3. The molecule has 0 fully saturated rings. The Morgan fingerprint density at radius 2 is 1.54 bits per heavy atom. The van der Waals surface area contributed by atoms with Crippen molar-refractivity contribution in [1.29, 1.82) is 0 Å². The van der Waals surface area contributed by atoms with Gasteiger partial charge in [-0.05, 0) is 59.3 Å². The fourth-order valence-electron chi connectivity index (χ4n) is 2.89. The molecule has 0 aliphatic carbocycles. The van der Waals surface area contributed by atoms with Gasteiger partial charge in [-0.2, -0.15) is 0 Å². The van der Waals surface area contributed by atoms with Crippen molar-refractivity contribution in [3.63, 3.8) is 0 Å². The van der Waals surface area contributed by atoms with Gasteiger partial charge in [0.15, 0.2) is 0 Å². The summed E-state index contributed by atoms with van der Waals surface area (Å²) in [6, 6.07) is 0. The van der Waals surface area contributed by atoms with Gasteiger partial charge in [-0.15, -0.1) is 0 Å². The number of carboxylic acid groups (broad SMARTS) is 1. The number of carbonyl (C=O) groups is 2. The van der Waals surface area contributed by atoms with Gasteiger partial charge in [0.25, 0.3) is 0 Å². The van der Waals surface area contributed by atoms with E-state index >= 15 is 0 Å². The summed E-state index contributed by atoms with van der Waals surface area (Å²) >= 11 is 0. The predicted molar refractivity (Wildman–Crippen MR) is 107 cm³/mol. The summed E-state index contributed by atoms with van der Waals surface area (Å²) < 4.78 is 0. The van der Waals surface area contributed by atoms with Crippen molar-refractivity contribution < 1.29 is 19.8 Å². The van der Waals surface area contributed by atoms with Crippen molar-refractivity contribution in [3.8, 4) is 0 Å². The van der Waals surface area contributed by atoms with E-state index in [4.69, 9.17) is 5.11 Å². The first-order chi connectivity index (χ1) is 12.3. The Labute approximate surface area is 160 Å². The lowest BCUT2D eigenvalue weighted by molar-refractivity contribution is -0.147. The van der Waals surface area contributed by atoms with Crippen LogP contribution in [0.1, 0.15) is 104 Å². The Morgan fingerprint density at radius 1 is 0.923 bits per heavy atom. The first-order valence-electron chi connectivity index (χ1n) is 10.3. The molecule has 0 rings (SSSR count). The van der Waals surface area contributed by atoms with Crippen LogP contribution < -0.4 is 0 Å². The Hall–Kier alpha value is -1.16. The van der Waals surface area contributed by atoms with Crippen LogP contribution in [0.3, 0.4) is 0 Å². The molecular formula is C22H40O4. The van der Waals surface area contributed by atoms with Gasteiger partial charge in [0.05, 0.1) is 11.5 Å². The van der Waals surface area contributed by atoms with E-state index in [1.807, 2.05) is 0 Å². The average Bonchev–Trinajstić information content (AvgIpc) is 2.56. The number of rotatable bonds is 17. The minimum Gasteiger partial charge on any atom is -0.481 e. The van der Waals surface area contributed by atoms with Crippen LogP contribution in [0.25, 0.3) is 0 Å². The third-order valence-electron chi connectivity index (χ3n) is 4.89. The highest BCUT2D eigenvalue weighted by Crippen LogP contribution is 2.24. The normalized spacial score (nSPS) is 13.2. The number of carboxylic acids is 1. The number of hydrogen-bond donors (Lipinski definition) is 2. The van der Waals surface area contributed by atoms with Crippen LogP contribution in [-0.2, 0) is 9.59 Å². The summed E-state index contributed by atoms with van der Waals surface area (Å²) in [4.78, 5) is 21.8. The zero-order valence-corrected chi connectivity index (χ0v) is 17.1. The van der Waals surface area contributed by atoms with Gasteiger partial charge < -0.3 is 15.0 Å². The fourth-order valence-corrected chi connectivity index (χ4v) is 2.89. The molecule has 0 heterocycles. The van der Waals surface area contributed by atoms with E-state index in [2.05, 4.69) is 12.2 Å². The standard InChI is InChI=1S/C22H40O4/c1-19(23)15-11-8-9-13-17-20(24)16-12-7-5-4-6-10-14-18-22(2,3)21(25)26/h7,12,20,24H,4-6,8-11,13-18H2,1-3H3,(H,25,26)/b12-7-/t20-/m0/s1. The van der Waals surface area contributed by atoms with Crippen LogP contribution >= 0.6 is 0 Å². The van der Waals surface area contributed by atoms with Crippen molar-refractivity contribution in [2.45, 2.75) is 110 Å². The van der Waals surface area contributed by atoms with Crippen LogP contribution in [-0.4, -0.2) is 28.1 Å². The predicted octanol–water partition coefficient (Wildman–Crippen LogP) is 5.67. The van der Waals surface area contributed by atoms with Crippen LogP contribution in [0.2, 0.25) is 0 Å². The van der Waals surface area contributed by atoms with E-state index < -0.39 is 11.4 Å². The molecule has 0 aliphatic rings. The summed E-state index contributed by atoms with van der Waals surface area (Å²) in [5, 5.41) is 19.0. The maximum atomic E-state index is 11.0. The lowest BCUT2D eigenvalue weighted by Gasteiger charge is -2.18. The molecule has 0 spiro atoms. The molecule has 4 heteroatoms. The average molecular weight is 369 g/mol. The molecule has 2 N–H and O–H groups in total. The number of aliphatic hydroxyl groups is 1. The first-order valence-corrected chi connectivity index (χ1v) is 10.3. The van der Waals surface area contributed by atoms with E-state index in [-0.39, 0.29) is 11.9 Å². The fraction of sp³-hybridized carbons (Fsp3) is 0.818. The number of hydrogen-bond acceptors (Lipinski definition) is 3. The van der Waals surface area contributed by atoms with Gasteiger partial charge in [0.2, 0.25) is 0 Å². The van der Waals surface area contributed by atoms with Gasteiger partial charge in [0, 0.05) is 6.42 Å². The minimum absolute atomic E-state index is 0.252. The molecule has 4 nitrogen and oxygen atoms in total. The third-order valence-corrected chi connectivity index (χ3v) is 4.89. The van der Waals surface area contributed by atoms with Gasteiger partial charge in [-0.25, -0.2) is 0 Å². The number of allylic oxidation sites excluding steroid dienone is 1. The highest BCUT2D eigenvalue weighted by Gasteiger charge is 2.25. The van der Waals surface area contributed by atoms with Crippen LogP contribution in [0.15, 0.2) is 12.2 Å². The number of Topliss-reactive ketones (excluding diaryl/α,β-unsaturated/α-hetero) is 1. The maximum absolute atomic E-state index is 11.0. The van der Waals surface area contributed by atoms with Crippen LogP contribution in [0.4, 0.5) is 0 Å². The lowest BCUT2D eigenvalue weighted by Crippen LogP contribution is -2.23. The number of unbranched alkanes of at least 4 members (excludes halogenated alkanes) is 7. The number of carbonyl (C=O) groups excluding carboxylic acids is 1. The number of aliphatic hydroxyl groups excluding tert-OH is 1. The van der Waals surface area contributed by atoms with E-state index in [0.29, 0.717) is 6.42 Å². The second-order valence-electron chi connectivity index (χ2n) is 8.16. The molecule has 152 valence electrons. The van der Waals surface area contributed by atoms with Crippen molar-refractivity contribution in [1.82, 2.24) is 0 Å². The summed E-state index contributed by atoms with van der Waals surface area (Å²) in [5.74, 6) is -0.450. The van der Waals surface area contributed by atoms with Crippen molar-refractivity contribution in [3.05, 3.63) is 12.2 Å². The summed E-state index contributed by atoms with van der Waals surface area (Å²) in [7, 11) is 0. The molecule has 0 aliphatic heterocycles. The Morgan fingerprint density at radius 3 is 2.19 bits per heavy atom. The molecule has 1 atom stereocenters. The molecule has 0 bridgehead atoms. The molecule has 0 aromatic carbocycles. The lowest BCUT2D eigenvalue weighted by atomic mass is 9.87. The monoisotopic (exact) mass is 368 g/mol. The third kappa shape index (κ3) is 15.1. The highest BCUT2D eigenvalue weighted by atomic mass is 16.4. The zero-order chi connectivity index (χ0) is 19.8. The zero-order valence-electron chi connectivity index (χ0n) is 17.1. The molecule has 0 radical (unpaired) electrons. The smallest absolute Gasteiger partial charge is 0.309 e. The van der Waals surface area contributed by atoms with Gasteiger partial charge in [-0.3, -0.25) is 4.79 Å². The molecular weight excluding hydrogens is 328 g/mol. The molecule has 0 aromatic rings. The number of aliphatic carboxylic acids is 1. The van der Waals surface area contributed by atoms with Crippen LogP contribution in [0, 0.1) is 5.41 Å². The van der Waals surface area contributed by atoms with Crippen LogP contribution in [0.5, 0.6) is 0 Å². The summed E-state index contributed by atoms with van der Waals surface area (Å²) in [5.41, 5.74) is -0.608. The minimum atomic E-state index is -0.713. The quantitative estimate of drug-likeness (QED) is 0.256. The Balaban J connectivity index is 3.46. The topological polar surface area (TPSA) is 74.6 Å². The molecule has 0 saturated carbocycles. The second-order valence-corrected chi connectivity index (χ2v) is 8.16. The first kappa shape index (κ1) is 24.8. The number of ketones is 1. The van der Waals surface area contributed by atoms with Crippen molar-refractivity contribution in [2.24, 2.45) is 5.41 Å². The molecule has 26 heavy (non-hydrogen) atoms. The van der Waals surface area contributed by atoms with Gasteiger partial charge >= 0.3 is 5.97 Å². The van der Waals surface area contributed by atoms with Crippen molar-refractivity contribution >= 4 is 11.8 Å². The largest absolute Gasteiger partial charge is 0.481 e. The van der Waals surface area contributed by atoms with E-state index in [9.17, 15) is 14.7 Å². The SMILES string of the molecule is CC(=O)CCCCCC[C@@H](O)C/C=C\CCCCCCC(C)(C)C(=O)O. The maximum Gasteiger partial charge on any atom is 0.309 e. The molecule has 0 amide bonds. The van der Waals surface area contributed by atoms with E-state index in [1.165, 1.54) is 0 Å². The second kappa shape index (κ2) is 15.0. The highest BCUT2D eigenvalue weighted by molar-refractivity contribution is 5.75. The molecule has 0 aromatic heterocycles. The summed E-state index contributed by atoms with van der Waals surface area (Å²) in [6.45, 7) is 5.21. The molecule has 0 saturated heterocycles. The molecule has 0 unspecified atom stereocenters. The summed E-state index contributed by atoms with van der Waals surface area (Å²) in [6.07, 6.45) is 16.4. The van der Waals surface area contributed by atoms with Gasteiger partial charge in [-0.1, -0.05) is 50.7 Å². The van der Waals surface area contributed by atoms with E-state index in [1.54, 1.807) is 20.8 Å². The van der Waals surface area contributed by atoms with Crippen molar-refractivity contribution in [2.75, 3.05) is 0 Å². The van der Waals surface area contributed by atoms with Gasteiger partial charge in [0.1, 0.15) is 5.78 Å².